The van der Waals surface area contributed by atoms with Crippen molar-refractivity contribution in [3.63, 3.8) is 0 Å². The van der Waals surface area contributed by atoms with Gasteiger partial charge in [0.25, 0.3) is 5.91 Å². The van der Waals surface area contributed by atoms with Crippen molar-refractivity contribution in [2.75, 3.05) is 13.2 Å². The van der Waals surface area contributed by atoms with E-state index >= 15 is 0 Å². The first-order valence-corrected chi connectivity index (χ1v) is 20.0. The summed E-state index contributed by atoms with van der Waals surface area (Å²) < 4.78 is 48.7. The van der Waals surface area contributed by atoms with Gasteiger partial charge in [-0.15, -0.1) is 0 Å². The molecular formula is C36H43ClFN7O8S. The molecule has 1 aromatic carbocycles. The molecule has 7 atom stereocenters. The predicted octanol–water partition coefficient (Wildman–Crippen LogP) is 3.66. The maximum Gasteiger partial charge on any atom is 0.405 e. The molecule has 1 saturated heterocycles. The SMILES string of the molecule is Cc1cn2c(n1)nc(O[C@@H]1C[C@H]3C(=O)N[C@]4(C(=O)NS(=O)(=O)C5(CF)CC5)C[C@H]4/C=C\CC[C@@H](C)C[C@@H](C)[C@H](NC(=O)O)C(=O)N3C1)c1cc(Cl)ccc12. The van der Waals surface area contributed by atoms with Gasteiger partial charge in [0.05, 0.1) is 23.1 Å². The van der Waals surface area contributed by atoms with Crippen molar-refractivity contribution in [1.82, 2.24) is 34.6 Å². The van der Waals surface area contributed by atoms with E-state index in [1.54, 1.807) is 35.6 Å². The van der Waals surface area contributed by atoms with Gasteiger partial charge in [0, 0.05) is 23.6 Å². The van der Waals surface area contributed by atoms with Crippen LogP contribution in [0.25, 0.3) is 16.7 Å². The molecule has 4 heterocycles. The number of fused-ring (bicyclic) bond motifs is 5. The van der Waals surface area contributed by atoms with Gasteiger partial charge in [-0.1, -0.05) is 37.6 Å². The van der Waals surface area contributed by atoms with Crippen LogP contribution >= 0.6 is 11.6 Å². The van der Waals surface area contributed by atoms with Crippen molar-refractivity contribution in [2.45, 2.75) is 94.2 Å². The fraction of sp³-hybridized carbons (Fsp3) is 0.556. The number of carboxylic acid groups (broad SMARTS) is 1. The number of nitrogens with one attached hydrogen (secondary N) is 3. The number of alkyl halides is 1. The first-order chi connectivity index (χ1) is 25.6. The molecule has 7 rings (SSSR count). The highest BCUT2D eigenvalue weighted by molar-refractivity contribution is 7.91. The summed E-state index contributed by atoms with van der Waals surface area (Å²) in [5.41, 5.74) is -0.274. The zero-order valence-electron chi connectivity index (χ0n) is 30.1. The number of imidazole rings is 1. The molecule has 54 heavy (non-hydrogen) atoms. The summed E-state index contributed by atoms with van der Waals surface area (Å²) in [6.07, 6.45) is 5.14. The monoisotopic (exact) mass is 787 g/mol. The number of carbonyl (C=O) groups excluding carboxylic acids is 3. The van der Waals surface area contributed by atoms with Gasteiger partial charge < -0.3 is 25.4 Å². The summed E-state index contributed by atoms with van der Waals surface area (Å²) in [6.45, 7) is 4.31. The van der Waals surface area contributed by atoms with Crippen LogP contribution in [-0.2, 0) is 24.4 Å². The number of benzene rings is 1. The fourth-order valence-electron chi connectivity index (χ4n) is 7.91. The topological polar surface area (TPSA) is 201 Å². The second-order valence-electron chi connectivity index (χ2n) is 15.4. The van der Waals surface area contributed by atoms with E-state index in [-0.39, 0.29) is 44.0 Å². The lowest BCUT2D eigenvalue weighted by atomic mass is 9.88. The lowest BCUT2D eigenvalue weighted by Gasteiger charge is -2.32. The molecule has 2 saturated carbocycles. The number of aromatic nitrogens is 3. The number of rotatable bonds is 7. The highest BCUT2D eigenvalue weighted by Gasteiger charge is 2.64. The summed E-state index contributed by atoms with van der Waals surface area (Å²) >= 11 is 6.38. The molecule has 0 bridgehead atoms. The predicted molar refractivity (Wildman–Crippen MR) is 195 cm³/mol. The number of sulfonamides is 1. The van der Waals surface area contributed by atoms with Crippen LogP contribution in [0.1, 0.15) is 64.5 Å². The van der Waals surface area contributed by atoms with Crippen LogP contribution in [0.3, 0.4) is 0 Å². The number of allylic oxidation sites excluding steroid dienone is 1. The van der Waals surface area contributed by atoms with Crippen LogP contribution in [0.4, 0.5) is 9.18 Å². The van der Waals surface area contributed by atoms with Crippen molar-refractivity contribution in [3.8, 4) is 5.88 Å². The highest BCUT2D eigenvalue weighted by atomic mass is 35.5. The Morgan fingerprint density at radius 1 is 1.19 bits per heavy atom. The first-order valence-electron chi connectivity index (χ1n) is 18.1. The maximum absolute atomic E-state index is 14.5. The number of hydrogen-bond donors (Lipinski definition) is 4. The Morgan fingerprint density at radius 3 is 2.65 bits per heavy atom. The van der Waals surface area contributed by atoms with E-state index in [9.17, 15) is 37.1 Å². The van der Waals surface area contributed by atoms with E-state index in [4.69, 9.17) is 16.3 Å². The molecule has 18 heteroatoms. The van der Waals surface area contributed by atoms with Gasteiger partial charge in [0.2, 0.25) is 33.5 Å². The summed E-state index contributed by atoms with van der Waals surface area (Å²) in [5, 5.41) is 15.9. The summed E-state index contributed by atoms with van der Waals surface area (Å²) in [7, 11) is -4.40. The largest absolute Gasteiger partial charge is 0.472 e. The lowest BCUT2D eigenvalue weighted by Crippen LogP contribution is -2.59. The molecule has 4 N–H and O–H groups in total. The zero-order chi connectivity index (χ0) is 38.7. The van der Waals surface area contributed by atoms with E-state index in [0.717, 1.165) is 0 Å². The van der Waals surface area contributed by atoms with Gasteiger partial charge in [-0.2, -0.15) is 4.98 Å². The fourth-order valence-corrected chi connectivity index (χ4v) is 9.51. The number of nitrogens with zero attached hydrogens (tertiary/aromatic N) is 4. The highest BCUT2D eigenvalue weighted by Crippen LogP contribution is 2.48. The van der Waals surface area contributed by atoms with Gasteiger partial charge in [0.15, 0.2) is 0 Å². The molecule has 15 nitrogen and oxygen atoms in total. The number of aryl methyl sites for hydroxylation is 1. The molecule has 4 amide bonds. The van der Waals surface area contributed by atoms with E-state index in [1.807, 2.05) is 26.1 Å². The van der Waals surface area contributed by atoms with Gasteiger partial charge >= 0.3 is 6.09 Å². The second-order valence-corrected chi connectivity index (χ2v) is 17.9. The van der Waals surface area contributed by atoms with Crippen molar-refractivity contribution in [1.29, 1.82) is 0 Å². The van der Waals surface area contributed by atoms with Gasteiger partial charge in [-0.3, -0.25) is 23.5 Å². The summed E-state index contributed by atoms with van der Waals surface area (Å²) in [6, 6.07) is 2.73. The van der Waals surface area contributed by atoms with Gasteiger partial charge in [-0.05, 0) is 75.5 Å². The van der Waals surface area contributed by atoms with Crippen LogP contribution in [0.2, 0.25) is 5.02 Å². The van der Waals surface area contributed by atoms with Crippen LogP contribution in [0.15, 0.2) is 36.5 Å². The standard InChI is InChI=1S/C36H43ClFN7O8S/c1-19-6-4-5-7-22-15-36(22,32(48)43-54(51,52)35(18-38)10-11-35)42-29(46)27-14-24(17-44(27)31(47)28(20(2)12-19)40-34(49)50)53-30-25-13-23(37)8-9-26(25)45-16-21(3)39-33(45)41-30/h5,7-9,13,16,19-20,22,24,27-28,40H,4,6,10-12,14-15,17-18H2,1-3H3,(H,42,46)(H,43,48)(H,49,50)/b7-5-/t19-,20-,22-,24-,27+,28+,36-/m1/s1. The summed E-state index contributed by atoms with van der Waals surface area (Å²) in [4.78, 5) is 65.1. The number of carbonyl (C=O) groups is 4. The Balaban J connectivity index is 1.24. The average Bonchev–Trinajstić information content (AvgIpc) is 3.97. The van der Waals surface area contributed by atoms with E-state index in [2.05, 4.69) is 25.3 Å². The molecule has 2 aliphatic carbocycles. The Labute approximate surface area is 316 Å². The molecule has 0 unspecified atom stereocenters. The number of halogens is 2. The minimum atomic E-state index is -4.40. The maximum atomic E-state index is 14.5. The number of ether oxygens (including phenoxy) is 1. The Bertz CT molecular complexity index is 2180. The van der Waals surface area contributed by atoms with Crippen LogP contribution in [-0.4, -0.2) is 98.3 Å². The molecule has 0 spiro atoms. The van der Waals surface area contributed by atoms with E-state index in [1.165, 1.54) is 4.90 Å². The molecule has 290 valence electrons. The van der Waals surface area contributed by atoms with Crippen LogP contribution in [0, 0.1) is 24.7 Å². The average molecular weight is 788 g/mol. The van der Waals surface area contributed by atoms with E-state index in [0.29, 0.717) is 46.7 Å². The Morgan fingerprint density at radius 2 is 1.94 bits per heavy atom. The van der Waals surface area contributed by atoms with Crippen molar-refractivity contribution in [2.24, 2.45) is 17.8 Å². The minimum Gasteiger partial charge on any atom is -0.472 e. The second kappa shape index (κ2) is 14.0. The zero-order valence-corrected chi connectivity index (χ0v) is 31.6. The molecule has 2 aromatic heterocycles. The molecular weight excluding hydrogens is 745 g/mol. The molecule has 3 fully saturated rings. The van der Waals surface area contributed by atoms with Gasteiger partial charge in [-0.25, -0.2) is 22.6 Å². The number of hydrogen-bond acceptors (Lipinski definition) is 9. The van der Waals surface area contributed by atoms with Crippen LogP contribution < -0.4 is 20.1 Å². The Kier molecular flexibility index (Phi) is 9.77. The quantitative estimate of drug-likeness (QED) is 0.256. The third-order valence-corrected chi connectivity index (χ3v) is 13.6. The third kappa shape index (κ3) is 6.95. The lowest BCUT2D eigenvalue weighted by molar-refractivity contribution is -0.142. The molecule has 3 aromatic rings. The van der Waals surface area contributed by atoms with Crippen molar-refractivity contribution in [3.05, 3.63) is 47.3 Å². The smallest absolute Gasteiger partial charge is 0.405 e. The van der Waals surface area contributed by atoms with Crippen molar-refractivity contribution >= 4 is 62.1 Å². The third-order valence-electron chi connectivity index (χ3n) is 11.3. The van der Waals surface area contributed by atoms with Crippen LogP contribution in [0.5, 0.6) is 5.88 Å². The molecule has 2 aliphatic heterocycles. The molecule has 4 aliphatic rings. The normalized spacial score (nSPS) is 30.4. The summed E-state index contributed by atoms with van der Waals surface area (Å²) in [5.74, 6) is -2.83. The van der Waals surface area contributed by atoms with E-state index < -0.39 is 80.8 Å². The molecule has 0 radical (unpaired) electrons. The van der Waals surface area contributed by atoms with Gasteiger partial charge in [0.1, 0.15) is 35.1 Å². The number of amides is 4. The Hall–Kier alpha value is -4.51. The van der Waals surface area contributed by atoms with Crippen molar-refractivity contribution < 1.29 is 41.8 Å². The first kappa shape index (κ1) is 37.8. The minimum absolute atomic E-state index is 0.0704.